The molecule has 0 spiro atoms. The first-order chi connectivity index (χ1) is 6.38. The van der Waals surface area contributed by atoms with Crippen LogP contribution >= 0.6 is 11.6 Å². The third-order valence-electron chi connectivity index (χ3n) is 2.19. The van der Waals surface area contributed by atoms with Crippen molar-refractivity contribution in [2.45, 2.75) is 32.6 Å². The Morgan fingerprint density at radius 3 is 2.36 bits per heavy atom. The summed E-state index contributed by atoms with van der Waals surface area (Å²) in [5, 5.41) is 9.40. The van der Waals surface area contributed by atoms with Crippen LogP contribution in [0.5, 0.6) is 0 Å². The number of aromatic nitrogens is 2. The largest absolute Gasteiger partial charge is 0.396 e. The van der Waals surface area contributed by atoms with Crippen LogP contribution in [-0.2, 0) is 18.9 Å². The minimum absolute atomic E-state index is 0.0213. The third kappa shape index (κ3) is 2.10. The van der Waals surface area contributed by atoms with Gasteiger partial charge < -0.3 is 9.67 Å². The molecule has 80 valence electrons. The number of hydrogen-bond donors (Lipinski definition) is 1. The molecule has 1 heterocycles. The van der Waals surface area contributed by atoms with Crippen LogP contribution in [0, 0.1) is 0 Å². The molecular formula is C10H17ClN2O. The van der Waals surface area contributed by atoms with Gasteiger partial charge in [-0.1, -0.05) is 32.4 Å². The number of halogens is 1. The molecule has 0 aliphatic heterocycles. The molecule has 1 rings (SSSR count). The molecule has 4 heteroatoms. The summed E-state index contributed by atoms with van der Waals surface area (Å²) in [6.07, 6.45) is 0.548. The second kappa shape index (κ2) is 3.91. The van der Waals surface area contributed by atoms with Crippen molar-refractivity contribution in [2.75, 3.05) is 6.61 Å². The van der Waals surface area contributed by atoms with E-state index in [-0.39, 0.29) is 12.0 Å². The first-order valence-corrected chi connectivity index (χ1v) is 5.08. The summed E-state index contributed by atoms with van der Waals surface area (Å²) in [4.78, 5) is 4.23. The molecule has 1 aromatic rings. The van der Waals surface area contributed by atoms with E-state index in [4.69, 9.17) is 16.7 Å². The Balaban J connectivity index is 3.18. The van der Waals surface area contributed by atoms with Crippen LogP contribution in [0.2, 0.25) is 5.15 Å². The van der Waals surface area contributed by atoms with Crippen molar-refractivity contribution in [1.82, 2.24) is 9.55 Å². The van der Waals surface area contributed by atoms with E-state index in [0.717, 1.165) is 11.5 Å². The lowest BCUT2D eigenvalue weighted by Gasteiger charge is -2.20. The van der Waals surface area contributed by atoms with Crippen molar-refractivity contribution in [3.8, 4) is 0 Å². The maximum atomic E-state index is 8.85. The summed E-state index contributed by atoms with van der Waals surface area (Å²) in [7, 11) is 1.93. The summed E-state index contributed by atoms with van der Waals surface area (Å²) < 4.78 is 1.97. The Kier molecular flexibility index (Phi) is 3.22. The fourth-order valence-electron chi connectivity index (χ4n) is 1.64. The van der Waals surface area contributed by atoms with Gasteiger partial charge in [0, 0.05) is 18.9 Å². The molecule has 1 aromatic heterocycles. The molecule has 0 saturated heterocycles. The van der Waals surface area contributed by atoms with Gasteiger partial charge in [-0.25, -0.2) is 4.98 Å². The Hall–Kier alpha value is -0.540. The molecule has 0 aliphatic rings. The van der Waals surface area contributed by atoms with E-state index in [1.165, 1.54) is 0 Å². The maximum absolute atomic E-state index is 8.85. The smallest absolute Gasteiger partial charge is 0.151 e. The average Bonchev–Trinajstić information content (AvgIpc) is 2.26. The molecule has 0 fully saturated rings. The third-order valence-corrected chi connectivity index (χ3v) is 2.45. The first kappa shape index (κ1) is 11.5. The summed E-state index contributed by atoms with van der Waals surface area (Å²) in [5.74, 6) is 0.836. The lowest BCUT2D eigenvalue weighted by atomic mass is 9.92. The van der Waals surface area contributed by atoms with Crippen molar-refractivity contribution in [2.24, 2.45) is 7.05 Å². The maximum Gasteiger partial charge on any atom is 0.151 e. The zero-order valence-electron chi connectivity index (χ0n) is 9.13. The van der Waals surface area contributed by atoms with Crippen molar-refractivity contribution in [3.63, 3.8) is 0 Å². The number of aliphatic hydroxyl groups excluding tert-OH is 1. The molecule has 1 N–H and O–H groups in total. The van der Waals surface area contributed by atoms with Crippen LogP contribution in [0.15, 0.2) is 0 Å². The van der Waals surface area contributed by atoms with E-state index < -0.39 is 0 Å². The Morgan fingerprint density at radius 2 is 2.00 bits per heavy atom. The van der Waals surface area contributed by atoms with Crippen molar-refractivity contribution < 1.29 is 5.11 Å². The fourth-order valence-corrected chi connectivity index (χ4v) is 2.15. The van der Waals surface area contributed by atoms with Gasteiger partial charge in [-0.2, -0.15) is 0 Å². The Morgan fingerprint density at radius 1 is 1.43 bits per heavy atom. The quantitative estimate of drug-likeness (QED) is 0.820. The molecule has 0 amide bonds. The van der Waals surface area contributed by atoms with Crippen LogP contribution < -0.4 is 0 Å². The van der Waals surface area contributed by atoms with Gasteiger partial charge >= 0.3 is 0 Å². The monoisotopic (exact) mass is 216 g/mol. The van der Waals surface area contributed by atoms with E-state index >= 15 is 0 Å². The predicted octanol–water partition coefficient (Wildman–Crippen LogP) is 1.91. The summed E-state index contributed by atoms with van der Waals surface area (Å²) in [5.41, 5.74) is 0.995. The molecular weight excluding hydrogens is 200 g/mol. The van der Waals surface area contributed by atoms with E-state index in [0.29, 0.717) is 11.6 Å². The molecule has 0 aromatic carbocycles. The number of nitrogens with zero attached hydrogens (tertiary/aromatic N) is 2. The number of aliphatic hydroxyl groups is 1. The SMILES string of the molecule is Cn1c(CCO)nc(Cl)c1C(C)(C)C. The van der Waals surface area contributed by atoms with Gasteiger partial charge in [0.2, 0.25) is 0 Å². The van der Waals surface area contributed by atoms with Gasteiger partial charge in [0.05, 0.1) is 12.3 Å². The van der Waals surface area contributed by atoms with Crippen LogP contribution in [-0.4, -0.2) is 21.3 Å². The van der Waals surface area contributed by atoms with Crippen LogP contribution in [0.3, 0.4) is 0 Å². The van der Waals surface area contributed by atoms with E-state index in [1.54, 1.807) is 0 Å². The second-order valence-electron chi connectivity index (χ2n) is 4.45. The zero-order valence-corrected chi connectivity index (χ0v) is 9.89. The van der Waals surface area contributed by atoms with Gasteiger partial charge in [0.25, 0.3) is 0 Å². The van der Waals surface area contributed by atoms with Crippen molar-refractivity contribution in [1.29, 1.82) is 0 Å². The highest BCUT2D eigenvalue weighted by atomic mass is 35.5. The molecule has 14 heavy (non-hydrogen) atoms. The molecule has 0 atom stereocenters. The van der Waals surface area contributed by atoms with Crippen molar-refractivity contribution >= 4 is 11.6 Å². The molecule has 0 unspecified atom stereocenters. The fraction of sp³-hybridized carbons (Fsp3) is 0.700. The minimum atomic E-state index is -0.0213. The minimum Gasteiger partial charge on any atom is -0.396 e. The van der Waals surface area contributed by atoms with Gasteiger partial charge in [-0.05, 0) is 0 Å². The Labute approximate surface area is 89.7 Å². The Bertz CT molecular complexity index is 326. The highest BCUT2D eigenvalue weighted by Gasteiger charge is 2.24. The molecule has 0 bridgehead atoms. The number of rotatable bonds is 2. The normalized spacial score (nSPS) is 12.1. The standard InChI is InChI=1S/C10H17ClN2O/c1-10(2,3)8-9(11)12-7(5-6-14)13(8)4/h14H,5-6H2,1-4H3. The topological polar surface area (TPSA) is 38.0 Å². The highest BCUT2D eigenvalue weighted by molar-refractivity contribution is 6.30. The zero-order chi connectivity index (χ0) is 10.9. The molecule has 0 saturated carbocycles. The van der Waals surface area contributed by atoms with Crippen LogP contribution in [0.1, 0.15) is 32.3 Å². The first-order valence-electron chi connectivity index (χ1n) is 4.70. The van der Waals surface area contributed by atoms with Gasteiger partial charge in [0.15, 0.2) is 5.15 Å². The van der Waals surface area contributed by atoms with Gasteiger partial charge in [-0.3, -0.25) is 0 Å². The van der Waals surface area contributed by atoms with E-state index in [9.17, 15) is 0 Å². The average molecular weight is 217 g/mol. The molecule has 0 aliphatic carbocycles. The van der Waals surface area contributed by atoms with Gasteiger partial charge in [0.1, 0.15) is 5.82 Å². The lowest BCUT2D eigenvalue weighted by Crippen LogP contribution is -2.17. The summed E-state index contributed by atoms with van der Waals surface area (Å²) in [6.45, 7) is 6.39. The van der Waals surface area contributed by atoms with Gasteiger partial charge in [-0.15, -0.1) is 0 Å². The predicted molar refractivity (Wildman–Crippen MR) is 57.7 cm³/mol. The molecule has 3 nitrogen and oxygen atoms in total. The second-order valence-corrected chi connectivity index (χ2v) is 4.81. The lowest BCUT2D eigenvalue weighted by molar-refractivity contribution is 0.295. The van der Waals surface area contributed by atoms with Crippen LogP contribution in [0.25, 0.3) is 0 Å². The van der Waals surface area contributed by atoms with Crippen molar-refractivity contribution in [3.05, 3.63) is 16.7 Å². The van der Waals surface area contributed by atoms with Crippen LogP contribution in [0.4, 0.5) is 0 Å². The number of imidazole rings is 1. The molecule has 0 radical (unpaired) electrons. The number of hydrogen-bond acceptors (Lipinski definition) is 2. The summed E-state index contributed by atoms with van der Waals surface area (Å²) >= 11 is 6.06. The summed E-state index contributed by atoms with van der Waals surface area (Å²) in [6, 6.07) is 0. The van der Waals surface area contributed by atoms with E-state index in [2.05, 4.69) is 25.8 Å². The highest BCUT2D eigenvalue weighted by Crippen LogP contribution is 2.29. The van der Waals surface area contributed by atoms with E-state index in [1.807, 2.05) is 11.6 Å².